The molecule has 0 saturated heterocycles. The minimum atomic E-state index is -0.201. The normalized spacial score (nSPS) is 11.9. The highest BCUT2D eigenvalue weighted by Crippen LogP contribution is 2.10. The first-order valence-corrected chi connectivity index (χ1v) is 7.59. The van der Waals surface area contributed by atoms with Gasteiger partial charge in [-0.05, 0) is 30.0 Å². The number of nitrogens with one attached hydrogen (secondary N) is 1. The number of hydrogen-bond donors (Lipinski definition) is 1. The number of benzene rings is 2. The number of methoxy groups -OCH3 is 1. The molecule has 0 aliphatic carbocycles. The summed E-state index contributed by atoms with van der Waals surface area (Å²) in [5.41, 5.74) is 3.52. The van der Waals surface area contributed by atoms with Crippen molar-refractivity contribution in [2.75, 3.05) is 7.11 Å². The molecular weight excluding hydrogens is 274 g/mol. The smallest absolute Gasteiger partial charge is 0.309 e. The molecule has 2 aromatic carbocycles. The van der Waals surface area contributed by atoms with Crippen LogP contribution in [-0.2, 0) is 28.9 Å². The van der Waals surface area contributed by atoms with E-state index in [1.807, 2.05) is 18.2 Å². The molecule has 1 unspecified atom stereocenters. The zero-order valence-electron chi connectivity index (χ0n) is 13.2. The molecule has 2 rings (SSSR count). The van der Waals surface area contributed by atoms with Crippen LogP contribution >= 0.6 is 0 Å². The van der Waals surface area contributed by atoms with Crippen molar-refractivity contribution < 1.29 is 9.53 Å². The van der Waals surface area contributed by atoms with Crippen LogP contribution in [0.25, 0.3) is 0 Å². The van der Waals surface area contributed by atoms with Crippen LogP contribution in [0, 0.1) is 0 Å². The van der Waals surface area contributed by atoms with Gasteiger partial charge < -0.3 is 10.1 Å². The largest absolute Gasteiger partial charge is 0.469 e. The molecule has 1 N–H and O–H groups in total. The van der Waals surface area contributed by atoms with Crippen LogP contribution in [0.5, 0.6) is 0 Å². The molecule has 0 radical (unpaired) electrons. The number of rotatable bonds is 7. The van der Waals surface area contributed by atoms with Gasteiger partial charge in [0.15, 0.2) is 0 Å². The van der Waals surface area contributed by atoms with E-state index in [0.717, 1.165) is 18.5 Å². The Morgan fingerprint density at radius 2 is 1.73 bits per heavy atom. The second kappa shape index (κ2) is 8.35. The van der Waals surface area contributed by atoms with E-state index in [4.69, 9.17) is 4.74 Å². The van der Waals surface area contributed by atoms with Gasteiger partial charge in [0.1, 0.15) is 0 Å². The third kappa shape index (κ3) is 5.34. The topological polar surface area (TPSA) is 38.3 Å². The van der Waals surface area contributed by atoms with Gasteiger partial charge in [-0.1, -0.05) is 54.6 Å². The van der Waals surface area contributed by atoms with Crippen molar-refractivity contribution in [2.45, 2.75) is 32.4 Å². The fourth-order valence-electron chi connectivity index (χ4n) is 2.42. The van der Waals surface area contributed by atoms with Crippen LogP contribution in [0.15, 0.2) is 54.6 Å². The Morgan fingerprint density at radius 3 is 2.45 bits per heavy atom. The number of hydrogen-bond acceptors (Lipinski definition) is 3. The lowest BCUT2D eigenvalue weighted by molar-refractivity contribution is -0.139. The lowest BCUT2D eigenvalue weighted by Gasteiger charge is -2.14. The molecule has 3 nitrogen and oxygen atoms in total. The molecule has 0 aromatic heterocycles. The second-order valence-corrected chi connectivity index (χ2v) is 5.54. The quantitative estimate of drug-likeness (QED) is 0.798. The molecule has 0 bridgehead atoms. The Morgan fingerprint density at radius 1 is 1.05 bits per heavy atom. The molecule has 116 valence electrons. The lowest BCUT2D eigenvalue weighted by Crippen LogP contribution is -2.27. The molecular formula is C19H23NO2. The Balaban J connectivity index is 1.87. The van der Waals surface area contributed by atoms with Crippen molar-refractivity contribution in [3.8, 4) is 0 Å². The lowest BCUT2D eigenvalue weighted by atomic mass is 10.0. The van der Waals surface area contributed by atoms with Gasteiger partial charge in [0, 0.05) is 12.6 Å². The van der Waals surface area contributed by atoms with Gasteiger partial charge in [-0.2, -0.15) is 0 Å². The number of carbonyl (C=O) groups excluding carboxylic acids is 1. The van der Waals surface area contributed by atoms with Crippen LogP contribution in [0.3, 0.4) is 0 Å². The Kier molecular flexibility index (Phi) is 6.16. The monoisotopic (exact) mass is 297 g/mol. The van der Waals surface area contributed by atoms with Gasteiger partial charge in [0.2, 0.25) is 0 Å². The van der Waals surface area contributed by atoms with E-state index in [0.29, 0.717) is 12.5 Å². The number of esters is 1. The number of ether oxygens (including phenoxy) is 1. The fraction of sp³-hybridized carbons (Fsp3) is 0.316. The average Bonchev–Trinajstić information content (AvgIpc) is 2.54. The summed E-state index contributed by atoms with van der Waals surface area (Å²) in [7, 11) is 1.42. The molecule has 0 spiro atoms. The first-order valence-electron chi connectivity index (χ1n) is 7.59. The van der Waals surface area contributed by atoms with E-state index in [9.17, 15) is 4.79 Å². The van der Waals surface area contributed by atoms with Gasteiger partial charge in [0.05, 0.1) is 13.5 Å². The summed E-state index contributed by atoms with van der Waals surface area (Å²) in [6.07, 6.45) is 1.26. The van der Waals surface area contributed by atoms with E-state index >= 15 is 0 Å². The summed E-state index contributed by atoms with van der Waals surface area (Å²) in [5, 5.41) is 3.53. The third-order valence-corrected chi connectivity index (χ3v) is 3.61. The van der Waals surface area contributed by atoms with Crippen molar-refractivity contribution >= 4 is 5.97 Å². The predicted molar refractivity (Wildman–Crippen MR) is 88.6 cm³/mol. The van der Waals surface area contributed by atoms with Crippen molar-refractivity contribution in [3.05, 3.63) is 71.3 Å². The van der Waals surface area contributed by atoms with Gasteiger partial charge in [-0.3, -0.25) is 4.79 Å². The summed E-state index contributed by atoms with van der Waals surface area (Å²) in [6.45, 7) is 3.04. The first kappa shape index (κ1) is 16.2. The van der Waals surface area contributed by atoms with Gasteiger partial charge >= 0.3 is 5.97 Å². The van der Waals surface area contributed by atoms with Gasteiger partial charge in [0.25, 0.3) is 0 Å². The minimum Gasteiger partial charge on any atom is -0.469 e. The summed E-state index contributed by atoms with van der Waals surface area (Å²) < 4.78 is 4.71. The maximum atomic E-state index is 11.3. The Labute approximate surface area is 132 Å². The maximum Gasteiger partial charge on any atom is 0.309 e. The zero-order chi connectivity index (χ0) is 15.8. The van der Waals surface area contributed by atoms with Crippen molar-refractivity contribution in [1.82, 2.24) is 5.32 Å². The first-order chi connectivity index (χ1) is 10.7. The predicted octanol–water partition coefficient (Wildman–Crippen LogP) is 3.12. The van der Waals surface area contributed by atoms with Crippen molar-refractivity contribution in [1.29, 1.82) is 0 Å². The van der Waals surface area contributed by atoms with E-state index in [2.05, 4.69) is 48.6 Å². The van der Waals surface area contributed by atoms with Crippen LogP contribution in [0.1, 0.15) is 23.6 Å². The highest BCUT2D eigenvalue weighted by molar-refractivity contribution is 5.72. The average molecular weight is 297 g/mol. The fourth-order valence-corrected chi connectivity index (χ4v) is 2.42. The molecule has 3 heteroatoms. The van der Waals surface area contributed by atoms with Gasteiger partial charge in [-0.25, -0.2) is 0 Å². The van der Waals surface area contributed by atoms with E-state index in [-0.39, 0.29) is 5.97 Å². The van der Waals surface area contributed by atoms with Gasteiger partial charge in [-0.15, -0.1) is 0 Å². The van der Waals surface area contributed by atoms with Crippen LogP contribution in [0.4, 0.5) is 0 Å². The molecule has 0 fully saturated rings. The van der Waals surface area contributed by atoms with Crippen molar-refractivity contribution in [3.63, 3.8) is 0 Å². The number of carbonyl (C=O) groups is 1. The van der Waals surface area contributed by atoms with E-state index < -0.39 is 0 Å². The highest BCUT2D eigenvalue weighted by Gasteiger charge is 2.06. The molecule has 0 aliphatic rings. The van der Waals surface area contributed by atoms with E-state index in [1.165, 1.54) is 18.2 Å². The molecule has 2 aromatic rings. The molecule has 0 saturated carbocycles. The molecule has 0 amide bonds. The van der Waals surface area contributed by atoms with Crippen LogP contribution < -0.4 is 5.32 Å². The van der Waals surface area contributed by atoms with Crippen LogP contribution in [-0.4, -0.2) is 19.1 Å². The SMILES string of the molecule is COC(=O)Cc1cccc(CC(C)NCc2ccccc2)c1. The third-order valence-electron chi connectivity index (χ3n) is 3.61. The zero-order valence-corrected chi connectivity index (χ0v) is 13.2. The molecule has 22 heavy (non-hydrogen) atoms. The van der Waals surface area contributed by atoms with E-state index in [1.54, 1.807) is 0 Å². The molecule has 1 atom stereocenters. The summed E-state index contributed by atoms with van der Waals surface area (Å²) in [4.78, 5) is 11.3. The Bertz CT molecular complexity index is 595. The summed E-state index contributed by atoms with van der Waals surface area (Å²) >= 11 is 0. The van der Waals surface area contributed by atoms with Crippen LogP contribution in [0.2, 0.25) is 0 Å². The summed E-state index contributed by atoms with van der Waals surface area (Å²) in [5.74, 6) is -0.201. The minimum absolute atomic E-state index is 0.201. The van der Waals surface area contributed by atoms with Crippen molar-refractivity contribution in [2.24, 2.45) is 0 Å². The second-order valence-electron chi connectivity index (χ2n) is 5.54. The highest BCUT2D eigenvalue weighted by atomic mass is 16.5. The standard InChI is InChI=1S/C19H23NO2/c1-15(20-14-16-7-4-3-5-8-16)11-17-9-6-10-18(12-17)13-19(21)22-2/h3-10,12,15,20H,11,13-14H2,1-2H3. The summed E-state index contributed by atoms with van der Waals surface area (Å²) in [6, 6.07) is 18.9. The molecule has 0 heterocycles. The Hall–Kier alpha value is -2.13. The molecule has 0 aliphatic heterocycles. The maximum absolute atomic E-state index is 11.3.